The fourth-order valence-corrected chi connectivity index (χ4v) is 3.38. The summed E-state index contributed by atoms with van der Waals surface area (Å²) >= 11 is 1.43. The molecule has 0 bridgehead atoms. The number of thioether (sulfide) groups is 1. The lowest BCUT2D eigenvalue weighted by Crippen LogP contribution is -2.15. The number of H-pyrrole nitrogens is 1. The van der Waals surface area contributed by atoms with Gasteiger partial charge >= 0.3 is 0 Å². The Morgan fingerprint density at radius 1 is 1.20 bits per heavy atom. The molecule has 0 amide bonds. The van der Waals surface area contributed by atoms with Gasteiger partial charge in [0.15, 0.2) is 5.65 Å². The van der Waals surface area contributed by atoms with Crippen LogP contribution < -0.4 is 5.56 Å². The Labute approximate surface area is 147 Å². The SMILES string of the molecule is Cc1nc(SCc2cc(=O)n3[nH]cc(-c4ccccc4)c3n2)oc1C. The Morgan fingerprint density at radius 2 is 2.00 bits per heavy atom. The lowest BCUT2D eigenvalue weighted by Gasteiger charge is -2.02. The number of aryl methyl sites for hydroxylation is 2. The van der Waals surface area contributed by atoms with Crippen LogP contribution in [0, 0.1) is 13.8 Å². The summed E-state index contributed by atoms with van der Waals surface area (Å²) < 4.78 is 7.02. The average Bonchev–Trinajstić information content (AvgIpc) is 3.18. The molecule has 3 aromatic heterocycles. The lowest BCUT2D eigenvalue weighted by atomic mass is 10.1. The summed E-state index contributed by atoms with van der Waals surface area (Å²) in [6.45, 7) is 3.79. The van der Waals surface area contributed by atoms with E-state index in [-0.39, 0.29) is 5.56 Å². The number of aromatic amines is 1. The first-order chi connectivity index (χ1) is 12.1. The molecule has 3 heterocycles. The molecule has 0 radical (unpaired) electrons. The van der Waals surface area contributed by atoms with Crippen LogP contribution in [-0.2, 0) is 5.75 Å². The van der Waals surface area contributed by atoms with Gasteiger partial charge in [0.25, 0.3) is 10.8 Å². The van der Waals surface area contributed by atoms with Gasteiger partial charge in [0, 0.05) is 23.6 Å². The Kier molecular flexibility index (Phi) is 3.93. The fourth-order valence-electron chi connectivity index (χ4n) is 2.57. The van der Waals surface area contributed by atoms with Gasteiger partial charge in [0.05, 0.1) is 11.4 Å². The van der Waals surface area contributed by atoms with Crippen molar-refractivity contribution in [2.45, 2.75) is 24.8 Å². The smallest absolute Gasteiger partial charge is 0.272 e. The normalized spacial score (nSPS) is 11.3. The first-order valence-corrected chi connectivity index (χ1v) is 8.82. The topological polar surface area (TPSA) is 76.2 Å². The number of rotatable bonds is 4. The first-order valence-electron chi connectivity index (χ1n) is 7.84. The molecule has 0 aliphatic heterocycles. The minimum absolute atomic E-state index is 0.137. The van der Waals surface area contributed by atoms with Gasteiger partial charge in [-0.25, -0.2) is 14.5 Å². The molecule has 0 spiro atoms. The third-order valence-corrected chi connectivity index (χ3v) is 4.85. The molecule has 0 saturated carbocycles. The van der Waals surface area contributed by atoms with Crippen molar-refractivity contribution in [1.29, 1.82) is 0 Å². The second-order valence-electron chi connectivity index (χ2n) is 5.71. The monoisotopic (exact) mass is 352 g/mol. The summed E-state index contributed by atoms with van der Waals surface area (Å²) in [5.41, 5.74) is 3.96. The van der Waals surface area contributed by atoms with E-state index in [4.69, 9.17) is 4.42 Å². The standard InChI is InChI=1S/C18H16N4O2S/c1-11-12(2)24-18(20-11)25-10-14-8-16(23)22-17(21-14)15(9-19-22)13-6-4-3-5-7-13/h3-9,19H,10H2,1-2H3. The molecule has 4 aromatic rings. The quantitative estimate of drug-likeness (QED) is 0.568. The van der Waals surface area contributed by atoms with E-state index >= 15 is 0 Å². The van der Waals surface area contributed by atoms with Crippen molar-refractivity contribution in [2.75, 3.05) is 0 Å². The molecular formula is C18H16N4O2S. The summed E-state index contributed by atoms with van der Waals surface area (Å²) in [6.07, 6.45) is 1.80. The summed E-state index contributed by atoms with van der Waals surface area (Å²) in [5.74, 6) is 1.33. The van der Waals surface area contributed by atoms with Crippen molar-refractivity contribution in [3.8, 4) is 11.1 Å². The maximum atomic E-state index is 12.4. The zero-order valence-electron chi connectivity index (χ0n) is 13.8. The van der Waals surface area contributed by atoms with Crippen molar-refractivity contribution >= 4 is 17.4 Å². The fraction of sp³-hybridized carbons (Fsp3) is 0.167. The second kappa shape index (κ2) is 6.25. The van der Waals surface area contributed by atoms with Crippen molar-refractivity contribution in [2.24, 2.45) is 0 Å². The van der Waals surface area contributed by atoms with Crippen LogP contribution in [-0.4, -0.2) is 19.6 Å². The van der Waals surface area contributed by atoms with Crippen LogP contribution in [0.4, 0.5) is 0 Å². The summed E-state index contributed by atoms with van der Waals surface area (Å²) in [5, 5.41) is 3.56. The lowest BCUT2D eigenvalue weighted by molar-refractivity contribution is 0.431. The van der Waals surface area contributed by atoms with Gasteiger partial charge in [0.2, 0.25) is 0 Å². The van der Waals surface area contributed by atoms with Crippen LogP contribution in [0.25, 0.3) is 16.8 Å². The van der Waals surface area contributed by atoms with Crippen molar-refractivity contribution in [3.05, 3.63) is 70.1 Å². The van der Waals surface area contributed by atoms with Gasteiger partial charge < -0.3 is 4.42 Å². The van der Waals surface area contributed by atoms with Crippen molar-refractivity contribution in [1.82, 2.24) is 19.6 Å². The van der Waals surface area contributed by atoms with E-state index in [2.05, 4.69) is 15.1 Å². The van der Waals surface area contributed by atoms with Crippen LogP contribution in [0.3, 0.4) is 0 Å². The number of benzene rings is 1. The minimum atomic E-state index is -0.137. The van der Waals surface area contributed by atoms with Crippen LogP contribution >= 0.6 is 11.8 Å². The Bertz CT molecular complexity index is 1080. The maximum absolute atomic E-state index is 12.4. The van der Waals surface area contributed by atoms with E-state index < -0.39 is 0 Å². The van der Waals surface area contributed by atoms with Gasteiger partial charge in [-0.1, -0.05) is 42.1 Å². The molecule has 7 heteroatoms. The molecule has 0 saturated heterocycles. The molecule has 1 aromatic carbocycles. The highest BCUT2D eigenvalue weighted by atomic mass is 32.2. The number of hydrogen-bond donors (Lipinski definition) is 1. The first kappa shape index (κ1) is 15.7. The molecule has 0 unspecified atom stereocenters. The van der Waals surface area contributed by atoms with Crippen molar-refractivity contribution < 1.29 is 4.42 Å². The summed E-state index contributed by atoms with van der Waals surface area (Å²) in [7, 11) is 0. The van der Waals surface area contributed by atoms with Crippen LogP contribution in [0.15, 0.2) is 57.0 Å². The van der Waals surface area contributed by atoms with E-state index in [0.717, 1.165) is 22.6 Å². The number of hydrogen-bond acceptors (Lipinski definition) is 5. The maximum Gasteiger partial charge on any atom is 0.272 e. The molecule has 0 fully saturated rings. The second-order valence-corrected chi connectivity index (χ2v) is 6.63. The zero-order valence-corrected chi connectivity index (χ0v) is 14.6. The average molecular weight is 352 g/mol. The van der Waals surface area contributed by atoms with Gasteiger partial charge in [-0.2, -0.15) is 0 Å². The third kappa shape index (κ3) is 2.98. The highest BCUT2D eigenvalue weighted by molar-refractivity contribution is 7.98. The number of nitrogens with one attached hydrogen (secondary N) is 1. The Morgan fingerprint density at radius 3 is 2.72 bits per heavy atom. The highest BCUT2D eigenvalue weighted by Crippen LogP contribution is 2.25. The number of aromatic nitrogens is 4. The highest BCUT2D eigenvalue weighted by Gasteiger charge is 2.12. The molecule has 4 rings (SSSR count). The molecular weight excluding hydrogens is 336 g/mol. The van der Waals surface area contributed by atoms with Crippen LogP contribution in [0.5, 0.6) is 0 Å². The summed E-state index contributed by atoms with van der Waals surface area (Å²) in [4.78, 5) is 21.4. The predicted octanol–water partition coefficient (Wildman–Crippen LogP) is 3.59. The molecule has 1 N–H and O–H groups in total. The molecule has 25 heavy (non-hydrogen) atoms. The molecule has 6 nitrogen and oxygen atoms in total. The van der Waals surface area contributed by atoms with E-state index in [9.17, 15) is 4.79 Å². The molecule has 126 valence electrons. The van der Waals surface area contributed by atoms with Crippen LogP contribution in [0.1, 0.15) is 17.1 Å². The van der Waals surface area contributed by atoms with Crippen LogP contribution in [0.2, 0.25) is 0 Å². The van der Waals surface area contributed by atoms with Gasteiger partial charge in [0.1, 0.15) is 5.76 Å². The molecule has 0 atom stereocenters. The van der Waals surface area contributed by atoms with E-state index in [1.165, 1.54) is 22.3 Å². The van der Waals surface area contributed by atoms with Gasteiger partial charge in [-0.15, -0.1) is 0 Å². The van der Waals surface area contributed by atoms with E-state index in [1.54, 1.807) is 6.20 Å². The van der Waals surface area contributed by atoms with E-state index in [1.807, 2.05) is 44.2 Å². The predicted molar refractivity (Wildman–Crippen MR) is 96.8 cm³/mol. The van der Waals surface area contributed by atoms with E-state index in [0.29, 0.717) is 22.3 Å². The Hall–Kier alpha value is -2.80. The largest absolute Gasteiger partial charge is 0.437 e. The number of fused-ring (bicyclic) bond motifs is 1. The zero-order chi connectivity index (χ0) is 17.4. The molecule has 0 aliphatic rings. The minimum Gasteiger partial charge on any atom is -0.437 e. The summed E-state index contributed by atoms with van der Waals surface area (Å²) in [6, 6.07) is 11.4. The molecule has 0 aliphatic carbocycles. The Balaban J connectivity index is 1.69. The third-order valence-electron chi connectivity index (χ3n) is 3.99. The van der Waals surface area contributed by atoms with Crippen molar-refractivity contribution in [3.63, 3.8) is 0 Å². The number of nitrogens with zero attached hydrogens (tertiary/aromatic N) is 3. The van der Waals surface area contributed by atoms with Gasteiger partial charge in [-0.3, -0.25) is 9.89 Å². The van der Waals surface area contributed by atoms with Gasteiger partial charge in [-0.05, 0) is 19.4 Å². The number of oxazole rings is 1.